The van der Waals surface area contributed by atoms with Crippen molar-refractivity contribution in [1.82, 2.24) is 5.32 Å². The van der Waals surface area contributed by atoms with Crippen LogP contribution in [0.1, 0.15) is 25.0 Å². The van der Waals surface area contributed by atoms with Crippen LogP contribution in [0.25, 0.3) is 0 Å². The molecule has 1 rings (SSSR count). The first-order valence-corrected chi connectivity index (χ1v) is 6.95. The number of amides is 2. The molecule has 2 N–H and O–H groups in total. The minimum absolute atomic E-state index is 0.511. The van der Waals surface area contributed by atoms with Crippen molar-refractivity contribution in [3.8, 4) is 0 Å². The number of anilines is 1. The average molecular weight is 298 g/mol. The summed E-state index contributed by atoms with van der Waals surface area (Å²) in [6.45, 7) is 14.8. The van der Waals surface area contributed by atoms with Crippen molar-refractivity contribution in [3.63, 3.8) is 0 Å². The van der Waals surface area contributed by atoms with Crippen LogP contribution in [0.2, 0.25) is 0 Å². The van der Waals surface area contributed by atoms with Crippen molar-refractivity contribution in [2.24, 2.45) is 0 Å². The molecule has 0 radical (unpaired) electrons. The first-order valence-electron chi connectivity index (χ1n) is 6.95. The summed E-state index contributed by atoms with van der Waals surface area (Å²) in [4.78, 5) is 24.2. The van der Waals surface area contributed by atoms with Gasteiger partial charge in [0, 0.05) is 11.4 Å². The SMILES string of the molecule is C=C/C(C)=C(/NC(=O)C(=O)Nc1c(C)cccc1C)C(=C)C. The molecule has 0 aliphatic carbocycles. The second-order valence-corrected chi connectivity index (χ2v) is 5.22. The summed E-state index contributed by atoms with van der Waals surface area (Å²) < 4.78 is 0. The molecule has 0 atom stereocenters. The van der Waals surface area contributed by atoms with Crippen molar-refractivity contribution in [2.75, 3.05) is 5.32 Å². The zero-order valence-corrected chi connectivity index (χ0v) is 13.5. The first kappa shape index (κ1) is 17.4. The number of aryl methyl sites for hydroxylation is 2. The predicted molar refractivity (Wildman–Crippen MR) is 90.4 cm³/mol. The van der Waals surface area contributed by atoms with Crippen LogP contribution >= 0.6 is 0 Å². The van der Waals surface area contributed by atoms with Gasteiger partial charge in [-0.25, -0.2) is 0 Å². The minimum atomic E-state index is -0.734. The molecule has 4 nitrogen and oxygen atoms in total. The average Bonchev–Trinajstić information content (AvgIpc) is 2.47. The van der Waals surface area contributed by atoms with Crippen molar-refractivity contribution in [2.45, 2.75) is 27.7 Å². The van der Waals surface area contributed by atoms with E-state index in [9.17, 15) is 9.59 Å². The van der Waals surface area contributed by atoms with Crippen LogP contribution in [0, 0.1) is 13.8 Å². The molecule has 0 spiro atoms. The van der Waals surface area contributed by atoms with E-state index in [4.69, 9.17) is 0 Å². The topological polar surface area (TPSA) is 58.2 Å². The van der Waals surface area contributed by atoms with E-state index >= 15 is 0 Å². The Labute approximate surface area is 131 Å². The van der Waals surface area contributed by atoms with Crippen molar-refractivity contribution in [3.05, 3.63) is 65.4 Å². The van der Waals surface area contributed by atoms with E-state index in [1.54, 1.807) is 19.9 Å². The molecule has 0 unspecified atom stereocenters. The highest BCUT2D eigenvalue weighted by molar-refractivity contribution is 6.40. The monoisotopic (exact) mass is 298 g/mol. The highest BCUT2D eigenvalue weighted by atomic mass is 16.2. The molecule has 0 saturated carbocycles. The fourth-order valence-corrected chi connectivity index (χ4v) is 2.00. The van der Waals surface area contributed by atoms with E-state index in [0.717, 1.165) is 16.7 Å². The minimum Gasteiger partial charge on any atom is -0.317 e. The Bertz CT molecular complexity index is 649. The Kier molecular flexibility index (Phi) is 5.87. The number of para-hydroxylation sites is 1. The maximum absolute atomic E-state index is 12.1. The number of nitrogens with one attached hydrogen (secondary N) is 2. The number of hydrogen-bond acceptors (Lipinski definition) is 2. The fraction of sp³-hybridized carbons (Fsp3) is 0.222. The molecular formula is C18H22N2O2. The smallest absolute Gasteiger partial charge is 0.314 e. The maximum Gasteiger partial charge on any atom is 0.314 e. The summed E-state index contributed by atoms with van der Waals surface area (Å²) in [5.74, 6) is -1.45. The number of carbonyl (C=O) groups is 2. The largest absolute Gasteiger partial charge is 0.317 e. The van der Waals surface area contributed by atoms with Gasteiger partial charge in [-0.05, 0) is 50.0 Å². The van der Waals surface area contributed by atoms with Gasteiger partial charge in [-0.2, -0.15) is 0 Å². The molecule has 0 bridgehead atoms. The second-order valence-electron chi connectivity index (χ2n) is 5.22. The van der Waals surface area contributed by atoms with E-state index in [-0.39, 0.29) is 0 Å². The van der Waals surface area contributed by atoms with Gasteiger partial charge in [0.05, 0.1) is 0 Å². The highest BCUT2D eigenvalue weighted by Gasteiger charge is 2.17. The lowest BCUT2D eigenvalue weighted by Gasteiger charge is -2.14. The van der Waals surface area contributed by atoms with Gasteiger partial charge in [0.15, 0.2) is 0 Å². The van der Waals surface area contributed by atoms with Crippen molar-refractivity contribution < 1.29 is 9.59 Å². The number of allylic oxidation sites excluding steroid dienone is 3. The standard InChI is InChI=1S/C18H22N2O2/c1-7-12(4)15(11(2)3)19-17(21)18(22)20-16-13(5)9-8-10-14(16)6/h7-10H,1-2H2,3-6H3,(H,19,21)(H,20,22)/b15-12+. The maximum atomic E-state index is 12.1. The summed E-state index contributed by atoms with van der Waals surface area (Å²) in [5.41, 5.74) is 4.38. The summed E-state index contributed by atoms with van der Waals surface area (Å²) in [6.07, 6.45) is 1.60. The first-order chi connectivity index (χ1) is 10.3. The lowest BCUT2D eigenvalue weighted by molar-refractivity contribution is -0.135. The molecular weight excluding hydrogens is 276 g/mol. The van der Waals surface area contributed by atoms with Gasteiger partial charge in [-0.1, -0.05) is 37.4 Å². The Morgan fingerprint density at radius 2 is 1.64 bits per heavy atom. The van der Waals surface area contributed by atoms with E-state index in [1.165, 1.54) is 0 Å². The van der Waals surface area contributed by atoms with E-state index in [0.29, 0.717) is 17.0 Å². The lowest BCUT2D eigenvalue weighted by Crippen LogP contribution is -2.35. The quantitative estimate of drug-likeness (QED) is 0.661. The third-order valence-corrected chi connectivity index (χ3v) is 3.29. The Morgan fingerprint density at radius 1 is 1.09 bits per heavy atom. The Morgan fingerprint density at radius 3 is 2.09 bits per heavy atom. The Hall–Kier alpha value is -2.62. The van der Waals surface area contributed by atoms with Crippen LogP contribution in [-0.4, -0.2) is 11.8 Å². The van der Waals surface area contributed by atoms with Gasteiger partial charge in [0.2, 0.25) is 0 Å². The van der Waals surface area contributed by atoms with E-state index < -0.39 is 11.8 Å². The Balaban J connectivity index is 2.93. The molecule has 116 valence electrons. The van der Waals surface area contributed by atoms with Gasteiger partial charge in [0.25, 0.3) is 0 Å². The molecule has 0 aliphatic rings. The lowest BCUT2D eigenvalue weighted by atomic mass is 10.1. The van der Waals surface area contributed by atoms with Gasteiger partial charge < -0.3 is 10.6 Å². The van der Waals surface area contributed by atoms with Crippen LogP contribution < -0.4 is 10.6 Å². The molecule has 0 fully saturated rings. The zero-order chi connectivity index (χ0) is 16.9. The summed E-state index contributed by atoms with van der Waals surface area (Å²) in [5, 5.41) is 5.23. The fourth-order valence-electron chi connectivity index (χ4n) is 2.00. The second kappa shape index (κ2) is 7.41. The molecule has 0 heterocycles. The van der Waals surface area contributed by atoms with Crippen molar-refractivity contribution >= 4 is 17.5 Å². The molecule has 0 aromatic heterocycles. The van der Waals surface area contributed by atoms with Gasteiger partial charge >= 0.3 is 11.8 Å². The van der Waals surface area contributed by atoms with Crippen molar-refractivity contribution in [1.29, 1.82) is 0 Å². The number of hydrogen-bond donors (Lipinski definition) is 2. The molecule has 4 heteroatoms. The van der Waals surface area contributed by atoms with Gasteiger partial charge in [0.1, 0.15) is 0 Å². The number of carbonyl (C=O) groups excluding carboxylic acids is 2. The van der Waals surface area contributed by atoms with Crippen LogP contribution in [0.5, 0.6) is 0 Å². The zero-order valence-electron chi connectivity index (χ0n) is 13.5. The van der Waals surface area contributed by atoms with Crippen LogP contribution in [0.15, 0.2) is 54.3 Å². The molecule has 2 amide bonds. The third kappa shape index (κ3) is 4.19. The van der Waals surface area contributed by atoms with Gasteiger partial charge in [-0.15, -0.1) is 0 Å². The molecule has 1 aromatic carbocycles. The summed E-state index contributed by atoms with van der Waals surface area (Å²) in [6, 6.07) is 5.65. The summed E-state index contributed by atoms with van der Waals surface area (Å²) >= 11 is 0. The third-order valence-electron chi connectivity index (χ3n) is 3.29. The highest BCUT2D eigenvalue weighted by Crippen LogP contribution is 2.19. The molecule has 22 heavy (non-hydrogen) atoms. The normalized spacial score (nSPS) is 11.3. The van der Waals surface area contributed by atoms with Crippen LogP contribution in [-0.2, 0) is 9.59 Å². The predicted octanol–water partition coefficient (Wildman–Crippen LogP) is 3.39. The number of rotatable bonds is 4. The van der Waals surface area contributed by atoms with Crippen LogP contribution in [0.3, 0.4) is 0 Å². The van der Waals surface area contributed by atoms with Crippen LogP contribution in [0.4, 0.5) is 5.69 Å². The summed E-state index contributed by atoms with van der Waals surface area (Å²) in [7, 11) is 0. The number of benzene rings is 1. The van der Waals surface area contributed by atoms with E-state index in [1.807, 2.05) is 32.0 Å². The van der Waals surface area contributed by atoms with E-state index in [2.05, 4.69) is 23.8 Å². The van der Waals surface area contributed by atoms with Gasteiger partial charge in [-0.3, -0.25) is 9.59 Å². The molecule has 0 saturated heterocycles. The molecule has 1 aromatic rings. The molecule has 0 aliphatic heterocycles.